The monoisotopic (exact) mass is 255 g/mol. The molecule has 0 fully saturated rings. The number of halogens is 1. The number of aryl methyl sites for hydroxylation is 1. The van der Waals surface area contributed by atoms with Crippen molar-refractivity contribution >= 4 is 17.6 Å². The van der Waals surface area contributed by atoms with Gasteiger partial charge in [0.2, 0.25) is 0 Å². The summed E-state index contributed by atoms with van der Waals surface area (Å²) in [6, 6.07) is 5.73. The minimum atomic E-state index is -0.215. The lowest BCUT2D eigenvalue weighted by Crippen LogP contribution is -2.24. The second-order valence-electron chi connectivity index (χ2n) is 4.15. The summed E-state index contributed by atoms with van der Waals surface area (Å²) >= 11 is 5.88. The van der Waals surface area contributed by atoms with Crippen molar-refractivity contribution in [1.82, 2.24) is 0 Å². The summed E-state index contributed by atoms with van der Waals surface area (Å²) in [5, 5.41) is 0.731. The van der Waals surface area contributed by atoms with Crippen molar-refractivity contribution in [3.05, 3.63) is 34.3 Å². The fourth-order valence-electron chi connectivity index (χ4n) is 1.68. The molecule has 0 radical (unpaired) electrons. The van der Waals surface area contributed by atoms with Gasteiger partial charge in [-0.2, -0.15) is 0 Å². The van der Waals surface area contributed by atoms with Gasteiger partial charge in [0.15, 0.2) is 0 Å². The molecule has 94 valence electrons. The Bertz CT molecular complexity index is 393. The first-order chi connectivity index (χ1) is 8.02. The van der Waals surface area contributed by atoms with Crippen LogP contribution in [0.25, 0.3) is 0 Å². The van der Waals surface area contributed by atoms with E-state index in [-0.39, 0.29) is 12.0 Å². The summed E-state index contributed by atoms with van der Waals surface area (Å²) < 4.78 is 4.58. The zero-order valence-corrected chi connectivity index (χ0v) is 11.0. The average molecular weight is 256 g/mol. The maximum absolute atomic E-state index is 11.0. The van der Waals surface area contributed by atoms with Gasteiger partial charge in [-0.3, -0.25) is 4.79 Å². The van der Waals surface area contributed by atoms with E-state index in [9.17, 15) is 4.79 Å². The Morgan fingerprint density at radius 3 is 2.82 bits per heavy atom. The largest absolute Gasteiger partial charge is 0.469 e. The molecular formula is C13H18ClNO2. The molecule has 0 aliphatic carbocycles. The minimum absolute atomic E-state index is 0.0334. The van der Waals surface area contributed by atoms with Crippen molar-refractivity contribution in [3.8, 4) is 0 Å². The van der Waals surface area contributed by atoms with Gasteiger partial charge >= 0.3 is 5.97 Å². The van der Waals surface area contributed by atoms with E-state index in [0.29, 0.717) is 12.8 Å². The quantitative estimate of drug-likeness (QED) is 0.823. The van der Waals surface area contributed by atoms with Crippen molar-refractivity contribution in [2.45, 2.75) is 32.2 Å². The van der Waals surface area contributed by atoms with Crippen LogP contribution >= 0.6 is 11.6 Å². The molecule has 0 saturated carbocycles. The first kappa shape index (κ1) is 14.0. The van der Waals surface area contributed by atoms with E-state index in [2.05, 4.69) is 4.74 Å². The number of hydrogen-bond donors (Lipinski definition) is 1. The van der Waals surface area contributed by atoms with Gasteiger partial charge in [0.05, 0.1) is 7.11 Å². The number of esters is 1. The molecule has 0 aliphatic heterocycles. The summed E-state index contributed by atoms with van der Waals surface area (Å²) in [4.78, 5) is 11.0. The van der Waals surface area contributed by atoms with Crippen LogP contribution < -0.4 is 5.73 Å². The van der Waals surface area contributed by atoms with Gasteiger partial charge in [0, 0.05) is 17.5 Å². The van der Waals surface area contributed by atoms with Crippen molar-refractivity contribution < 1.29 is 9.53 Å². The van der Waals surface area contributed by atoms with Crippen LogP contribution in [0.4, 0.5) is 0 Å². The highest BCUT2D eigenvalue weighted by Gasteiger charge is 2.09. The topological polar surface area (TPSA) is 52.3 Å². The molecule has 1 aromatic rings. The SMILES string of the molecule is COC(=O)CCC(N)Cc1ccc(Cl)cc1C. The Morgan fingerprint density at radius 1 is 1.53 bits per heavy atom. The van der Waals surface area contributed by atoms with Crippen LogP contribution in [0.2, 0.25) is 5.02 Å². The smallest absolute Gasteiger partial charge is 0.305 e. The number of ether oxygens (including phenoxy) is 1. The lowest BCUT2D eigenvalue weighted by Gasteiger charge is -2.13. The highest BCUT2D eigenvalue weighted by atomic mass is 35.5. The Labute approximate surface area is 107 Å². The molecule has 3 nitrogen and oxygen atoms in total. The Hall–Kier alpha value is -1.06. The Balaban J connectivity index is 2.50. The minimum Gasteiger partial charge on any atom is -0.469 e. The highest BCUT2D eigenvalue weighted by molar-refractivity contribution is 6.30. The summed E-state index contributed by atoms with van der Waals surface area (Å²) in [7, 11) is 1.39. The third-order valence-electron chi connectivity index (χ3n) is 2.73. The van der Waals surface area contributed by atoms with Gasteiger partial charge in [0.25, 0.3) is 0 Å². The molecule has 0 bridgehead atoms. The molecule has 1 aromatic carbocycles. The standard InChI is InChI=1S/C13H18ClNO2/c1-9-7-11(14)4-3-10(9)8-12(15)5-6-13(16)17-2/h3-4,7,12H,5-6,8,15H2,1-2H3. The Kier molecular flexibility index (Phi) is 5.45. The zero-order chi connectivity index (χ0) is 12.8. The van der Waals surface area contributed by atoms with Crippen LogP contribution in [0.15, 0.2) is 18.2 Å². The van der Waals surface area contributed by atoms with Crippen molar-refractivity contribution in [2.75, 3.05) is 7.11 Å². The molecule has 0 spiro atoms. The number of benzene rings is 1. The maximum Gasteiger partial charge on any atom is 0.305 e. The molecule has 1 rings (SSSR count). The fraction of sp³-hybridized carbons (Fsp3) is 0.462. The number of nitrogens with two attached hydrogens (primary N) is 1. The van der Waals surface area contributed by atoms with E-state index < -0.39 is 0 Å². The van der Waals surface area contributed by atoms with Gasteiger partial charge < -0.3 is 10.5 Å². The molecule has 0 heterocycles. The molecule has 4 heteroatoms. The van der Waals surface area contributed by atoms with Crippen molar-refractivity contribution in [3.63, 3.8) is 0 Å². The molecule has 0 aromatic heterocycles. The van der Waals surface area contributed by atoms with Crippen molar-refractivity contribution in [1.29, 1.82) is 0 Å². The first-order valence-electron chi connectivity index (χ1n) is 5.60. The summed E-state index contributed by atoms with van der Waals surface area (Å²) in [5.74, 6) is -0.215. The summed E-state index contributed by atoms with van der Waals surface area (Å²) in [6.07, 6.45) is 1.75. The van der Waals surface area contributed by atoms with E-state index in [1.54, 1.807) is 0 Å². The van der Waals surface area contributed by atoms with Gasteiger partial charge in [-0.05, 0) is 43.0 Å². The maximum atomic E-state index is 11.0. The predicted octanol–water partition coefficient (Wildman–Crippen LogP) is 2.47. The lowest BCUT2D eigenvalue weighted by molar-refractivity contribution is -0.140. The Morgan fingerprint density at radius 2 is 2.24 bits per heavy atom. The van der Waals surface area contributed by atoms with Crippen LogP contribution in [0, 0.1) is 6.92 Å². The molecule has 2 N–H and O–H groups in total. The second-order valence-corrected chi connectivity index (χ2v) is 4.59. The average Bonchev–Trinajstić information content (AvgIpc) is 2.29. The van der Waals surface area contributed by atoms with Crippen LogP contribution in [0.5, 0.6) is 0 Å². The lowest BCUT2D eigenvalue weighted by atomic mass is 9.99. The van der Waals surface area contributed by atoms with Crippen LogP contribution in [-0.4, -0.2) is 19.1 Å². The number of rotatable bonds is 5. The van der Waals surface area contributed by atoms with Crippen molar-refractivity contribution in [2.24, 2.45) is 5.73 Å². The zero-order valence-electron chi connectivity index (χ0n) is 10.2. The summed E-state index contributed by atoms with van der Waals surface area (Å²) in [5.41, 5.74) is 8.28. The van der Waals surface area contributed by atoms with E-state index in [1.165, 1.54) is 12.7 Å². The van der Waals surface area contributed by atoms with E-state index in [4.69, 9.17) is 17.3 Å². The third kappa shape index (κ3) is 4.75. The van der Waals surface area contributed by atoms with E-state index >= 15 is 0 Å². The first-order valence-corrected chi connectivity index (χ1v) is 5.98. The number of carbonyl (C=O) groups is 1. The van der Waals surface area contributed by atoms with Crippen LogP contribution in [-0.2, 0) is 16.0 Å². The number of methoxy groups -OCH3 is 1. The van der Waals surface area contributed by atoms with Gasteiger partial charge in [-0.1, -0.05) is 17.7 Å². The molecule has 0 aliphatic rings. The normalized spacial score (nSPS) is 12.2. The predicted molar refractivity (Wildman–Crippen MR) is 69.1 cm³/mol. The highest BCUT2D eigenvalue weighted by Crippen LogP contribution is 2.17. The molecule has 0 saturated heterocycles. The van der Waals surface area contributed by atoms with E-state index in [1.807, 2.05) is 25.1 Å². The van der Waals surface area contributed by atoms with Crippen LogP contribution in [0.1, 0.15) is 24.0 Å². The number of hydrogen-bond acceptors (Lipinski definition) is 3. The molecule has 1 atom stereocenters. The van der Waals surface area contributed by atoms with Gasteiger partial charge in [-0.25, -0.2) is 0 Å². The number of carbonyl (C=O) groups excluding carboxylic acids is 1. The van der Waals surface area contributed by atoms with E-state index in [0.717, 1.165) is 17.0 Å². The molecular weight excluding hydrogens is 238 g/mol. The molecule has 17 heavy (non-hydrogen) atoms. The van der Waals surface area contributed by atoms with Gasteiger partial charge in [-0.15, -0.1) is 0 Å². The fourth-order valence-corrected chi connectivity index (χ4v) is 1.90. The summed E-state index contributed by atoms with van der Waals surface area (Å²) in [6.45, 7) is 2.01. The third-order valence-corrected chi connectivity index (χ3v) is 2.97. The molecule has 1 unspecified atom stereocenters. The second kappa shape index (κ2) is 6.62. The van der Waals surface area contributed by atoms with Gasteiger partial charge in [0.1, 0.15) is 0 Å². The molecule has 0 amide bonds. The van der Waals surface area contributed by atoms with Crippen LogP contribution in [0.3, 0.4) is 0 Å².